The van der Waals surface area contributed by atoms with Crippen molar-refractivity contribution in [3.63, 3.8) is 0 Å². The fourth-order valence-electron chi connectivity index (χ4n) is 2.54. The number of rotatable bonds is 8. The molecule has 0 bridgehead atoms. The molecule has 0 aliphatic heterocycles. The van der Waals surface area contributed by atoms with Gasteiger partial charge in [-0.25, -0.2) is 4.79 Å². The molecule has 0 atom stereocenters. The number of pyridine rings is 1. The van der Waals surface area contributed by atoms with Gasteiger partial charge in [0.15, 0.2) is 0 Å². The number of hydrogen-bond donors (Lipinski definition) is 1. The highest BCUT2D eigenvalue weighted by Gasteiger charge is 2.14. The molecule has 0 saturated heterocycles. The molecule has 7 heteroatoms. The second-order valence-corrected chi connectivity index (χ2v) is 7.08. The molecule has 1 N–H and O–H groups in total. The van der Waals surface area contributed by atoms with Crippen LogP contribution in [0.4, 0.5) is 10.5 Å². The minimum absolute atomic E-state index is 0.154. The quantitative estimate of drug-likeness (QED) is 0.545. The Morgan fingerprint density at radius 3 is 2.59 bits per heavy atom. The lowest BCUT2D eigenvalue weighted by Gasteiger charge is -2.14. The number of amides is 1. The van der Waals surface area contributed by atoms with Gasteiger partial charge >= 0.3 is 6.09 Å². The average molecular weight is 411 g/mol. The number of carbonyl (C=O) groups is 1. The third-order valence-electron chi connectivity index (χ3n) is 4.05. The van der Waals surface area contributed by atoms with Gasteiger partial charge in [0, 0.05) is 33.9 Å². The van der Waals surface area contributed by atoms with E-state index in [1.165, 1.54) is 0 Å². The van der Waals surface area contributed by atoms with E-state index in [1.807, 2.05) is 13.8 Å². The largest absolute Gasteiger partial charge is 0.449 e. The number of halogens is 2. The predicted octanol–water partition coefficient (Wildman–Crippen LogP) is 5.97. The lowest BCUT2D eigenvalue weighted by molar-refractivity contribution is 0.160. The van der Waals surface area contributed by atoms with Crippen molar-refractivity contribution >= 4 is 35.0 Å². The number of anilines is 1. The summed E-state index contributed by atoms with van der Waals surface area (Å²) in [5.41, 5.74) is 1.26. The smallest absolute Gasteiger partial charge is 0.411 e. The molecule has 1 aromatic carbocycles. The van der Waals surface area contributed by atoms with E-state index in [2.05, 4.69) is 5.32 Å². The minimum atomic E-state index is -0.642. The molecule has 146 valence electrons. The molecule has 0 radical (unpaired) electrons. The van der Waals surface area contributed by atoms with E-state index < -0.39 is 6.09 Å². The Labute approximate surface area is 169 Å². The van der Waals surface area contributed by atoms with E-state index in [9.17, 15) is 9.59 Å². The molecule has 1 amide bonds. The number of unbranched alkanes of at least 4 members (excludes halogenated alkanes) is 2. The maximum absolute atomic E-state index is 12.7. The Morgan fingerprint density at radius 1 is 1.15 bits per heavy atom. The van der Waals surface area contributed by atoms with Gasteiger partial charge in [0.25, 0.3) is 5.56 Å². The molecule has 0 saturated carbocycles. The predicted molar refractivity (Wildman–Crippen MR) is 111 cm³/mol. The van der Waals surface area contributed by atoms with Gasteiger partial charge in [-0.1, -0.05) is 49.9 Å². The molecular weight excluding hydrogens is 387 g/mol. The van der Waals surface area contributed by atoms with Crippen LogP contribution in [0.5, 0.6) is 0 Å². The Hall–Kier alpha value is -1.98. The summed E-state index contributed by atoms with van der Waals surface area (Å²) in [6.07, 6.45) is 4.57. The summed E-state index contributed by atoms with van der Waals surface area (Å²) in [6.45, 7) is 4.91. The fraction of sp³-hybridized carbons (Fsp3) is 0.400. The summed E-state index contributed by atoms with van der Waals surface area (Å²) in [5.74, 6) is 0. The molecule has 0 fully saturated rings. The van der Waals surface area contributed by atoms with Crippen LogP contribution in [0, 0.1) is 0 Å². The number of carbonyl (C=O) groups excluding carboxylic acids is 1. The number of nitrogens with one attached hydrogen (secondary N) is 1. The standard InChI is InChI=1S/C20H24Cl2N2O3/c1-3-5-9-24-13-14(16-12-15(21)7-8-17(16)22)11-18(19(24)25)23-20(26)27-10-6-4-2/h7-8,11-13H,3-6,9-10H2,1-2H3,(H,23,26). The first kappa shape index (κ1) is 21.3. The normalized spacial score (nSPS) is 10.7. The molecule has 0 spiro atoms. The van der Waals surface area contributed by atoms with E-state index in [1.54, 1.807) is 35.0 Å². The number of aromatic nitrogens is 1. The topological polar surface area (TPSA) is 60.3 Å². The Balaban J connectivity index is 2.41. The molecule has 0 aliphatic carbocycles. The van der Waals surface area contributed by atoms with Crippen LogP contribution in [0.1, 0.15) is 39.5 Å². The first-order valence-corrected chi connectivity index (χ1v) is 9.85. The minimum Gasteiger partial charge on any atom is -0.449 e. The molecular formula is C20H24Cl2N2O3. The number of aryl methyl sites for hydroxylation is 1. The van der Waals surface area contributed by atoms with Crippen LogP contribution in [-0.2, 0) is 11.3 Å². The number of ether oxygens (including phenoxy) is 1. The van der Waals surface area contributed by atoms with Crippen molar-refractivity contribution < 1.29 is 9.53 Å². The van der Waals surface area contributed by atoms with Gasteiger partial charge in [0.05, 0.1) is 6.61 Å². The summed E-state index contributed by atoms with van der Waals surface area (Å²) in [5, 5.41) is 3.61. The average Bonchev–Trinajstić information content (AvgIpc) is 2.64. The maximum Gasteiger partial charge on any atom is 0.411 e. The molecule has 1 aromatic heterocycles. The third-order valence-corrected chi connectivity index (χ3v) is 4.61. The van der Waals surface area contributed by atoms with Crippen molar-refractivity contribution in [2.24, 2.45) is 0 Å². The van der Waals surface area contributed by atoms with Crippen LogP contribution in [0.25, 0.3) is 11.1 Å². The molecule has 1 heterocycles. The SMILES string of the molecule is CCCCOC(=O)Nc1cc(-c2cc(Cl)ccc2Cl)cn(CCCC)c1=O. The fourth-order valence-corrected chi connectivity index (χ4v) is 2.94. The van der Waals surface area contributed by atoms with E-state index in [0.717, 1.165) is 25.7 Å². The molecule has 27 heavy (non-hydrogen) atoms. The second kappa shape index (κ2) is 10.4. The van der Waals surface area contributed by atoms with Crippen LogP contribution in [0.2, 0.25) is 10.0 Å². The van der Waals surface area contributed by atoms with Gasteiger partial charge in [0.1, 0.15) is 5.69 Å². The number of hydrogen-bond acceptors (Lipinski definition) is 3. The van der Waals surface area contributed by atoms with Crippen molar-refractivity contribution in [3.8, 4) is 11.1 Å². The highest BCUT2D eigenvalue weighted by molar-refractivity contribution is 6.35. The second-order valence-electron chi connectivity index (χ2n) is 6.23. The first-order chi connectivity index (χ1) is 13.0. The van der Waals surface area contributed by atoms with Crippen molar-refractivity contribution in [3.05, 3.63) is 50.9 Å². The highest BCUT2D eigenvalue weighted by atomic mass is 35.5. The van der Waals surface area contributed by atoms with E-state index >= 15 is 0 Å². The molecule has 0 aliphatic rings. The van der Waals surface area contributed by atoms with Crippen LogP contribution in [0.15, 0.2) is 35.3 Å². The van der Waals surface area contributed by atoms with Gasteiger partial charge in [-0.15, -0.1) is 0 Å². The zero-order valence-electron chi connectivity index (χ0n) is 15.6. The van der Waals surface area contributed by atoms with Crippen LogP contribution >= 0.6 is 23.2 Å². The van der Waals surface area contributed by atoms with Gasteiger partial charge < -0.3 is 9.30 Å². The van der Waals surface area contributed by atoms with E-state index in [0.29, 0.717) is 34.3 Å². The third kappa shape index (κ3) is 6.01. The van der Waals surface area contributed by atoms with Crippen LogP contribution in [-0.4, -0.2) is 17.3 Å². The van der Waals surface area contributed by atoms with Crippen LogP contribution in [0.3, 0.4) is 0 Å². The van der Waals surface area contributed by atoms with E-state index in [4.69, 9.17) is 27.9 Å². The lowest BCUT2D eigenvalue weighted by Crippen LogP contribution is -2.26. The zero-order valence-corrected chi connectivity index (χ0v) is 17.1. The Bertz CT molecular complexity index is 850. The zero-order chi connectivity index (χ0) is 19.8. The number of nitrogens with zero attached hydrogens (tertiary/aromatic N) is 1. The summed E-state index contributed by atoms with van der Waals surface area (Å²) in [4.78, 5) is 24.7. The van der Waals surface area contributed by atoms with Gasteiger partial charge in [0.2, 0.25) is 0 Å². The highest BCUT2D eigenvalue weighted by Crippen LogP contribution is 2.31. The number of benzene rings is 1. The molecule has 0 unspecified atom stereocenters. The summed E-state index contributed by atoms with van der Waals surface area (Å²) in [6, 6.07) is 6.73. The summed E-state index contributed by atoms with van der Waals surface area (Å²) >= 11 is 12.4. The molecule has 5 nitrogen and oxygen atoms in total. The maximum atomic E-state index is 12.7. The lowest BCUT2D eigenvalue weighted by atomic mass is 10.1. The van der Waals surface area contributed by atoms with Crippen molar-refractivity contribution in [2.75, 3.05) is 11.9 Å². The van der Waals surface area contributed by atoms with Crippen molar-refractivity contribution in [2.45, 2.75) is 46.1 Å². The Kier molecular flexibility index (Phi) is 8.20. The van der Waals surface area contributed by atoms with E-state index in [-0.39, 0.29) is 11.2 Å². The molecule has 2 rings (SSSR count). The van der Waals surface area contributed by atoms with Crippen molar-refractivity contribution in [1.29, 1.82) is 0 Å². The van der Waals surface area contributed by atoms with Crippen LogP contribution < -0.4 is 10.9 Å². The first-order valence-electron chi connectivity index (χ1n) is 9.10. The Morgan fingerprint density at radius 2 is 1.89 bits per heavy atom. The van der Waals surface area contributed by atoms with Gasteiger partial charge in [-0.05, 0) is 37.1 Å². The monoisotopic (exact) mass is 410 g/mol. The van der Waals surface area contributed by atoms with Crippen molar-refractivity contribution in [1.82, 2.24) is 4.57 Å². The van der Waals surface area contributed by atoms with Gasteiger partial charge in [-0.2, -0.15) is 0 Å². The summed E-state index contributed by atoms with van der Waals surface area (Å²) < 4.78 is 6.69. The van der Waals surface area contributed by atoms with Gasteiger partial charge in [-0.3, -0.25) is 10.1 Å². The summed E-state index contributed by atoms with van der Waals surface area (Å²) in [7, 11) is 0. The molecule has 2 aromatic rings.